The molecule has 1 fully saturated rings. The zero-order chi connectivity index (χ0) is 22.6. The van der Waals surface area contributed by atoms with E-state index in [1.54, 1.807) is 19.1 Å². The number of hydrogen-bond donors (Lipinski definition) is 1. The zero-order valence-electron chi connectivity index (χ0n) is 17.4. The Kier molecular flexibility index (Phi) is 4.57. The van der Waals surface area contributed by atoms with Crippen molar-refractivity contribution in [1.82, 2.24) is 10.2 Å². The van der Waals surface area contributed by atoms with Gasteiger partial charge in [-0.25, -0.2) is 9.59 Å². The van der Waals surface area contributed by atoms with Crippen molar-refractivity contribution >= 4 is 45.3 Å². The number of aryl methyl sites for hydroxylation is 1. The molecule has 2 heterocycles. The lowest BCUT2D eigenvalue weighted by Crippen LogP contribution is -2.41. The van der Waals surface area contributed by atoms with Crippen LogP contribution in [0.1, 0.15) is 23.6 Å². The molecule has 1 aliphatic rings. The van der Waals surface area contributed by atoms with Crippen LogP contribution in [0.5, 0.6) is 0 Å². The van der Waals surface area contributed by atoms with E-state index in [0.717, 1.165) is 21.2 Å². The fraction of sp³-hybridized carbons (Fsp3) is 0.160. The molecule has 1 aliphatic heterocycles. The SMILES string of the molecule is Cc1cc2oc(=O)cc(CN3C(=O)NC(C)(c4cccc5ccccc45)C3=O)c2cc1Cl. The topological polar surface area (TPSA) is 79.6 Å². The Labute approximate surface area is 188 Å². The van der Waals surface area contributed by atoms with Crippen LogP contribution in [0.2, 0.25) is 5.02 Å². The molecule has 0 bridgehead atoms. The lowest BCUT2D eigenvalue weighted by molar-refractivity contribution is -0.131. The van der Waals surface area contributed by atoms with Gasteiger partial charge in [-0.1, -0.05) is 54.1 Å². The molecule has 7 heteroatoms. The summed E-state index contributed by atoms with van der Waals surface area (Å²) in [7, 11) is 0. The molecule has 3 aromatic carbocycles. The molecule has 1 N–H and O–H groups in total. The molecule has 6 nitrogen and oxygen atoms in total. The molecule has 0 aliphatic carbocycles. The highest BCUT2D eigenvalue weighted by Crippen LogP contribution is 2.35. The summed E-state index contributed by atoms with van der Waals surface area (Å²) >= 11 is 6.27. The number of urea groups is 1. The van der Waals surface area contributed by atoms with Gasteiger partial charge in [0.15, 0.2) is 0 Å². The molecule has 5 rings (SSSR count). The summed E-state index contributed by atoms with van der Waals surface area (Å²) in [6, 6.07) is 17.5. The first-order chi connectivity index (χ1) is 15.3. The summed E-state index contributed by atoms with van der Waals surface area (Å²) in [4.78, 5) is 39.7. The Morgan fingerprint density at radius 2 is 1.75 bits per heavy atom. The zero-order valence-corrected chi connectivity index (χ0v) is 18.2. The molecule has 0 spiro atoms. The van der Waals surface area contributed by atoms with Gasteiger partial charge in [-0.05, 0) is 53.4 Å². The average molecular weight is 447 g/mol. The Hall–Kier alpha value is -3.64. The van der Waals surface area contributed by atoms with Gasteiger partial charge in [-0.3, -0.25) is 9.69 Å². The van der Waals surface area contributed by atoms with Crippen LogP contribution in [0.4, 0.5) is 4.79 Å². The summed E-state index contributed by atoms with van der Waals surface area (Å²) in [6.45, 7) is 3.43. The molecule has 32 heavy (non-hydrogen) atoms. The Bertz CT molecular complexity index is 1490. The van der Waals surface area contributed by atoms with E-state index in [1.165, 1.54) is 6.07 Å². The maximum absolute atomic E-state index is 13.5. The summed E-state index contributed by atoms with van der Waals surface area (Å²) in [6.07, 6.45) is 0. The molecule has 1 saturated heterocycles. The van der Waals surface area contributed by atoms with Crippen molar-refractivity contribution in [2.45, 2.75) is 25.9 Å². The van der Waals surface area contributed by atoms with E-state index in [1.807, 2.05) is 49.4 Å². The average Bonchev–Trinajstić information content (AvgIpc) is 2.98. The predicted octanol–water partition coefficient (Wildman–Crippen LogP) is 4.88. The minimum absolute atomic E-state index is 0.0769. The van der Waals surface area contributed by atoms with Crippen molar-refractivity contribution in [3.8, 4) is 0 Å². The van der Waals surface area contributed by atoms with Gasteiger partial charge in [0, 0.05) is 16.5 Å². The van der Waals surface area contributed by atoms with Crippen LogP contribution >= 0.6 is 11.6 Å². The molecular weight excluding hydrogens is 428 g/mol. The van der Waals surface area contributed by atoms with E-state index >= 15 is 0 Å². The van der Waals surface area contributed by atoms with E-state index in [9.17, 15) is 14.4 Å². The fourth-order valence-corrected chi connectivity index (χ4v) is 4.50. The van der Waals surface area contributed by atoms with Crippen LogP contribution in [-0.4, -0.2) is 16.8 Å². The third kappa shape index (κ3) is 3.07. The molecule has 160 valence electrons. The number of rotatable bonds is 3. The van der Waals surface area contributed by atoms with E-state index < -0.39 is 23.1 Å². The summed E-state index contributed by atoms with van der Waals surface area (Å²) < 4.78 is 5.30. The second-order valence-corrected chi connectivity index (χ2v) is 8.57. The van der Waals surface area contributed by atoms with Crippen LogP contribution in [0.25, 0.3) is 21.7 Å². The normalized spacial score (nSPS) is 18.5. The molecule has 4 aromatic rings. The van der Waals surface area contributed by atoms with Gasteiger partial charge in [-0.15, -0.1) is 0 Å². The summed E-state index contributed by atoms with van der Waals surface area (Å²) in [5.41, 5.74) is 0.534. The number of amides is 3. The van der Waals surface area contributed by atoms with Crippen LogP contribution in [0.15, 0.2) is 69.9 Å². The fourth-order valence-electron chi connectivity index (χ4n) is 4.33. The van der Waals surface area contributed by atoms with Crippen molar-refractivity contribution in [1.29, 1.82) is 0 Å². The first-order valence-corrected chi connectivity index (χ1v) is 10.5. The van der Waals surface area contributed by atoms with Crippen molar-refractivity contribution < 1.29 is 14.0 Å². The molecule has 0 radical (unpaired) electrons. The van der Waals surface area contributed by atoms with Crippen LogP contribution < -0.4 is 10.9 Å². The molecule has 1 aromatic heterocycles. The standard InChI is InChI=1S/C25H19ClN2O4/c1-14-10-21-18(12-20(14)26)16(11-22(29)32-21)13-28-23(30)25(2,27-24(28)31)19-9-5-7-15-6-3-4-8-17(15)19/h3-12H,13H2,1-2H3,(H,27,31). The number of nitrogens with one attached hydrogen (secondary N) is 1. The lowest BCUT2D eigenvalue weighted by atomic mass is 9.87. The van der Waals surface area contributed by atoms with Crippen LogP contribution in [-0.2, 0) is 16.9 Å². The highest BCUT2D eigenvalue weighted by molar-refractivity contribution is 6.32. The van der Waals surface area contributed by atoms with Gasteiger partial charge in [0.05, 0.1) is 6.54 Å². The second-order valence-electron chi connectivity index (χ2n) is 8.16. The summed E-state index contributed by atoms with van der Waals surface area (Å²) in [5.74, 6) is -0.390. The third-order valence-corrected chi connectivity index (χ3v) is 6.45. The predicted molar refractivity (Wildman–Crippen MR) is 123 cm³/mol. The summed E-state index contributed by atoms with van der Waals surface area (Å²) in [5, 5.41) is 5.80. The number of carbonyl (C=O) groups is 2. The Morgan fingerprint density at radius 3 is 2.56 bits per heavy atom. The quantitative estimate of drug-likeness (QED) is 0.359. The maximum Gasteiger partial charge on any atom is 0.336 e. The molecule has 1 atom stereocenters. The number of carbonyl (C=O) groups excluding carboxylic acids is 2. The number of nitrogens with zero attached hydrogens (tertiary/aromatic N) is 1. The molecule has 0 saturated carbocycles. The van der Waals surface area contributed by atoms with Crippen molar-refractivity contribution in [3.63, 3.8) is 0 Å². The number of hydrogen-bond acceptors (Lipinski definition) is 4. The number of benzene rings is 3. The van der Waals surface area contributed by atoms with Gasteiger partial charge >= 0.3 is 11.7 Å². The maximum atomic E-state index is 13.5. The number of fused-ring (bicyclic) bond motifs is 2. The monoisotopic (exact) mass is 446 g/mol. The van der Waals surface area contributed by atoms with E-state index in [4.69, 9.17) is 16.0 Å². The van der Waals surface area contributed by atoms with Gasteiger partial charge in [0.25, 0.3) is 5.91 Å². The molecular formula is C25H19ClN2O4. The van der Waals surface area contributed by atoms with Crippen molar-refractivity contribution in [2.75, 3.05) is 0 Å². The molecule has 1 unspecified atom stereocenters. The van der Waals surface area contributed by atoms with E-state index in [2.05, 4.69) is 5.32 Å². The highest BCUT2D eigenvalue weighted by Gasteiger charge is 2.49. The van der Waals surface area contributed by atoms with Crippen LogP contribution in [0.3, 0.4) is 0 Å². The highest BCUT2D eigenvalue weighted by atomic mass is 35.5. The second kappa shape index (κ2) is 7.21. The van der Waals surface area contributed by atoms with Gasteiger partial charge in [0.2, 0.25) is 0 Å². The van der Waals surface area contributed by atoms with E-state index in [0.29, 0.717) is 27.1 Å². The third-order valence-electron chi connectivity index (χ3n) is 6.04. The van der Waals surface area contributed by atoms with Crippen molar-refractivity contribution in [2.24, 2.45) is 0 Å². The van der Waals surface area contributed by atoms with Crippen molar-refractivity contribution in [3.05, 3.63) is 92.8 Å². The number of imide groups is 1. The Morgan fingerprint density at radius 1 is 1.00 bits per heavy atom. The smallest absolute Gasteiger partial charge is 0.336 e. The minimum Gasteiger partial charge on any atom is -0.423 e. The van der Waals surface area contributed by atoms with E-state index in [-0.39, 0.29) is 6.54 Å². The van der Waals surface area contributed by atoms with Gasteiger partial charge < -0.3 is 9.73 Å². The van der Waals surface area contributed by atoms with Crippen LogP contribution in [0, 0.1) is 6.92 Å². The first-order valence-electron chi connectivity index (χ1n) is 10.1. The Balaban J connectivity index is 1.58. The van der Waals surface area contributed by atoms with Gasteiger partial charge in [-0.2, -0.15) is 0 Å². The van der Waals surface area contributed by atoms with Gasteiger partial charge in [0.1, 0.15) is 11.1 Å². The molecule has 3 amide bonds. The first kappa shape index (κ1) is 20.3. The number of halogens is 1. The minimum atomic E-state index is -1.23. The largest absolute Gasteiger partial charge is 0.423 e. The lowest BCUT2D eigenvalue weighted by Gasteiger charge is -2.24.